The van der Waals surface area contributed by atoms with Gasteiger partial charge in [-0.05, 0) is 31.6 Å². The number of rotatable bonds is 6. The molecule has 0 amide bonds. The van der Waals surface area contributed by atoms with Crippen molar-refractivity contribution in [3.63, 3.8) is 0 Å². The van der Waals surface area contributed by atoms with Gasteiger partial charge in [-0.3, -0.25) is 0 Å². The van der Waals surface area contributed by atoms with E-state index in [-0.39, 0.29) is 0 Å². The molecule has 0 aliphatic rings. The van der Waals surface area contributed by atoms with Crippen molar-refractivity contribution in [1.82, 2.24) is 0 Å². The second-order valence-electron chi connectivity index (χ2n) is 4.39. The predicted molar refractivity (Wildman–Crippen MR) is 56.1 cm³/mol. The molecule has 1 nitrogen and oxygen atoms in total. The van der Waals surface area contributed by atoms with Gasteiger partial charge in [0.1, 0.15) is 0 Å². The minimum Gasteiger partial charge on any atom is -0.328 e. The Morgan fingerprint density at radius 2 is 1.75 bits per heavy atom. The van der Waals surface area contributed by atoms with Gasteiger partial charge in [0.05, 0.1) is 0 Å². The van der Waals surface area contributed by atoms with E-state index in [4.69, 9.17) is 5.73 Å². The highest BCUT2D eigenvalue weighted by atomic mass is 14.6. The van der Waals surface area contributed by atoms with Crippen molar-refractivity contribution in [3.05, 3.63) is 0 Å². The van der Waals surface area contributed by atoms with Crippen LogP contribution >= 0.6 is 0 Å². The van der Waals surface area contributed by atoms with Gasteiger partial charge < -0.3 is 5.73 Å². The molecule has 0 aliphatic carbocycles. The number of unbranched alkanes of at least 4 members (excludes halogenated alkanes) is 1. The minimum absolute atomic E-state index is 0.374. The molecule has 0 saturated heterocycles. The molecule has 1 unspecified atom stereocenters. The van der Waals surface area contributed by atoms with E-state index in [1.165, 1.54) is 25.7 Å². The maximum atomic E-state index is 5.93. The smallest absolute Gasteiger partial charge is 0.00388 e. The highest BCUT2D eigenvalue weighted by molar-refractivity contribution is 4.69. The number of nitrogens with two attached hydrogens (primary N) is 1. The summed E-state index contributed by atoms with van der Waals surface area (Å²) in [4.78, 5) is 0. The molecule has 0 saturated carbocycles. The van der Waals surface area contributed by atoms with E-state index in [1.807, 2.05) is 0 Å². The summed E-state index contributed by atoms with van der Waals surface area (Å²) in [5.41, 5.74) is 5.93. The van der Waals surface area contributed by atoms with Gasteiger partial charge in [-0.15, -0.1) is 0 Å². The fraction of sp³-hybridized carbons (Fsp3) is 1.00. The molecule has 0 rings (SSSR count). The summed E-state index contributed by atoms with van der Waals surface area (Å²) in [5, 5.41) is 0. The first-order chi connectivity index (χ1) is 5.57. The lowest BCUT2D eigenvalue weighted by molar-refractivity contribution is 0.331. The Morgan fingerprint density at radius 1 is 1.17 bits per heavy atom. The second kappa shape index (κ2) is 6.47. The van der Waals surface area contributed by atoms with Gasteiger partial charge in [-0.25, -0.2) is 0 Å². The van der Waals surface area contributed by atoms with Crippen molar-refractivity contribution in [2.45, 2.75) is 59.4 Å². The normalized spacial score (nSPS) is 16.5. The molecule has 12 heavy (non-hydrogen) atoms. The average molecular weight is 171 g/mol. The molecule has 0 aliphatic heterocycles. The first-order valence-corrected chi connectivity index (χ1v) is 5.33. The summed E-state index contributed by atoms with van der Waals surface area (Å²) in [6, 6.07) is 0.374. The quantitative estimate of drug-likeness (QED) is 0.652. The van der Waals surface area contributed by atoms with Crippen molar-refractivity contribution in [2.75, 3.05) is 0 Å². The van der Waals surface area contributed by atoms with Gasteiger partial charge >= 0.3 is 0 Å². The summed E-state index contributed by atoms with van der Waals surface area (Å²) in [6.45, 7) is 8.94. The van der Waals surface area contributed by atoms with Gasteiger partial charge in [0.15, 0.2) is 0 Å². The Bertz CT molecular complexity index is 97.2. The van der Waals surface area contributed by atoms with Crippen molar-refractivity contribution in [2.24, 2.45) is 17.6 Å². The maximum absolute atomic E-state index is 5.93. The van der Waals surface area contributed by atoms with E-state index in [0.717, 1.165) is 11.8 Å². The lowest BCUT2D eigenvalue weighted by atomic mass is 9.87. The van der Waals surface area contributed by atoms with Gasteiger partial charge in [-0.1, -0.05) is 33.6 Å². The Balaban J connectivity index is 3.70. The third kappa shape index (κ3) is 5.59. The second-order valence-corrected chi connectivity index (χ2v) is 4.39. The Kier molecular flexibility index (Phi) is 6.45. The van der Waals surface area contributed by atoms with Gasteiger partial charge in [0, 0.05) is 6.04 Å². The average Bonchev–Trinajstić information content (AvgIpc) is 1.96. The Labute approximate surface area is 77.7 Å². The zero-order chi connectivity index (χ0) is 9.56. The molecule has 0 aromatic heterocycles. The van der Waals surface area contributed by atoms with Crippen molar-refractivity contribution in [3.8, 4) is 0 Å². The zero-order valence-corrected chi connectivity index (χ0v) is 9.14. The van der Waals surface area contributed by atoms with Crippen LogP contribution in [-0.2, 0) is 0 Å². The molecular weight excluding hydrogens is 146 g/mol. The van der Waals surface area contributed by atoms with Crippen molar-refractivity contribution >= 4 is 0 Å². The molecule has 0 radical (unpaired) electrons. The summed E-state index contributed by atoms with van der Waals surface area (Å²) in [5.74, 6) is 1.53. The van der Waals surface area contributed by atoms with Gasteiger partial charge in [-0.2, -0.15) is 0 Å². The molecular formula is C11H25N. The highest BCUT2D eigenvalue weighted by Gasteiger charge is 2.14. The van der Waals surface area contributed by atoms with E-state index in [1.54, 1.807) is 0 Å². The molecule has 0 aromatic carbocycles. The predicted octanol–water partition coefficient (Wildman–Crippen LogP) is 3.19. The van der Waals surface area contributed by atoms with E-state index >= 15 is 0 Å². The van der Waals surface area contributed by atoms with E-state index < -0.39 is 0 Å². The monoisotopic (exact) mass is 171 g/mol. The van der Waals surface area contributed by atoms with Crippen LogP contribution in [0.4, 0.5) is 0 Å². The molecule has 1 heteroatoms. The largest absolute Gasteiger partial charge is 0.328 e. The van der Waals surface area contributed by atoms with Crippen LogP contribution < -0.4 is 5.73 Å². The topological polar surface area (TPSA) is 26.0 Å². The van der Waals surface area contributed by atoms with Crippen LogP contribution in [0.3, 0.4) is 0 Å². The van der Waals surface area contributed by atoms with E-state index in [2.05, 4.69) is 27.7 Å². The number of hydrogen-bond acceptors (Lipinski definition) is 1. The molecule has 2 atom stereocenters. The summed E-state index contributed by atoms with van der Waals surface area (Å²) < 4.78 is 0. The third-order valence-corrected chi connectivity index (χ3v) is 2.45. The standard InChI is InChI=1S/C11H25N/c1-5-6-7-11(10(4)12)8-9(2)3/h9-11H,5-8,12H2,1-4H3/t10?,11-/m1/s1. The van der Waals surface area contributed by atoms with Gasteiger partial charge in [0.2, 0.25) is 0 Å². The van der Waals surface area contributed by atoms with Crippen molar-refractivity contribution in [1.29, 1.82) is 0 Å². The molecule has 0 fully saturated rings. The summed E-state index contributed by atoms with van der Waals surface area (Å²) >= 11 is 0. The first kappa shape index (κ1) is 12.0. The van der Waals surface area contributed by atoms with Crippen LogP contribution in [0.2, 0.25) is 0 Å². The highest BCUT2D eigenvalue weighted by Crippen LogP contribution is 2.20. The van der Waals surface area contributed by atoms with Crippen LogP contribution in [0.25, 0.3) is 0 Å². The first-order valence-electron chi connectivity index (χ1n) is 5.33. The molecule has 0 aromatic rings. The van der Waals surface area contributed by atoms with E-state index in [0.29, 0.717) is 6.04 Å². The van der Waals surface area contributed by atoms with Crippen molar-refractivity contribution < 1.29 is 0 Å². The summed E-state index contributed by atoms with van der Waals surface area (Å²) in [7, 11) is 0. The minimum atomic E-state index is 0.374. The molecule has 74 valence electrons. The van der Waals surface area contributed by atoms with Crippen LogP contribution in [0.5, 0.6) is 0 Å². The molecule has 0 spiro atoms. The fourth-order valence-electron chi connectivity index (χ4n) is 1.67. The van der Waals surface area contributed by atoms with Crippen LogP contribution in [0.15, 0.2) is 0 Å². The summed E-state index contributed by atoms with van der Waals surface area (Å²) in [6.07, 6.45) is 5.23. The zero-order valence-electron chi connectivity index (χ0n) is 9.14. The third-order valence-electron chi connectivity index (χ3n) is 2.45. The maximum Gasteiger partial charge on any atom is 0.00388 e. The Hall–Kier alpha value is -0.0400. The fourth-order valence-corrected chi connectivity index (χ4v) is 1.67. The SMILES string of the molecule is CCCC[C@H](CC(C)C)C(C)N. The molecule has 0 heterocycles. The number of hydrogen-bond donors (Lipinski definition) is 1. The van der Waals surface area contributed by atoms with Crippen LogP contribution in [-0.4, -0.2) is 6.04 Å². The van der Waals surface area contributed by atoms with Crippen LogP contribution in [0, 0.1) is 11.8 Å². The molecule has 0 bridgehead atoms. The lowest BCUT2D eigenvalue weighted by Gasteiger charge is -2.22. The lowest BCUT2D eigenvalue weighted by Crippen LogP contribution is -2.27. The van der Waals surface area contributed by atoms with Gasteiger partial charge in [0.25, 0.3) is 0 Å². The van der Waals surface area contributed by atoms with E-state index in [9.17, 15) is 0 Å². The Morgan fingerprint density at radius 3 is 2.08 bits per heavy atom. The van der Waals surface area contributed by atoms with Crippen LogP contribution in [0.1, 0.15) is 53.4 Å². The molecule has 2 N–H and O–H groups in total.